The number of aryl methyl sites for hydroxylation is 1. The summed E-state index contributed by atoms with van der Waals surface area (Å²) in [6.07, 6.45) is 1.35. The second-order valence-electron chi connectivity index (χ2n) is 4.23. The average molecular weight is 227 g/mol. The van der Waals surface area contributed by atoms with Gasteiger partial charge in [0.05, 0.1) is 5.60 Å². The number of nitrogens with zero attached hydrogens (tertiary/aromatic N) is 1. The molecule has 1 fully saturated rings. The van der Waals surface area contributed by atoms with Crippen molar-refractivity contribution in [2.75, 3.05) is 13.1 Å². The molecule has 82 valence electrons. The van der Waals surface area contributed by atoms with Crippen molar-refractivity contribution in [2.24, 2.45) is 0 Å². The van der Waals surface area contributed by atoms with E-state index in [0.29, 0.717) is 18.1 Å². The molecule has 2 N–H and O–H groups in total. The Morgan fingerprint density at radius 1 is 1.60 bits per heavy atom. The molecule has 1 aromatic rings. The van der Waals surface area contributed by atoms with Crippen molar-refractivity contribution in [3.8, 4) is 0 Å². The third kappa shape index (κ3) is 2.48. The zero-order valence-electron chi connectivity index (χ0n) is 8.76. The minimum Gasteiger partial charge on any atom is -0.388 e. The smallest absolute Gasteiger partial charge is 0.132 e. The quantitative estimate of drug-likeness (QED) is 0.748. The van der Waals surface area contributed by atoms with Crippen molar-refractivity contribution in [2.45, 2.75) is 25.4 Å². The summed E-state index contributed by atoms with van der Waals surface area (Å²) < 4.78 is 0. The van der Waals surface area contributed by atoms with Gasteiger partial charge in [0.2, 0.25) is 0 Å². The first-order valence-corrected chi connectivity index (χ1v) is 5.52. The first-order valence-electron chi connectivity index (χ1n) is 5.14. The van der Waals surface area contributed by atoms with Crippen LogP contribution < -0.4 is 5.32 Å². The molecule has 1 aromatic heterocycles. The summed E-state index contributed by atoms with van der Waals surface area (Å²) >= 11 is 6.03. The van der Waals surface area contributed by atoms with Gasteiger partial charge in [0, 0.05) is 18.7 Å². The number of rotatable bonds is 2. The minimum atomic E-state index is -0.652. The second kappa shape index (κ2) is 4.08. The minimum absolute atomic E-state index is 0.510. The van der Waals surface area contributed by atoms with Gasteiger partial charge in [-0.15, -0.1) is 0 Å². The molecular weight excluding hydrogens is 212 g/mol. The van der Waals surface area contributed by atoms with Crippen molar-refractivity contribution in [1.29, 1.82) is 0 Å². The molecule has 0 radical (unpaired) electrons. The lowest BCUT2D eigenvalue weighted by Crippen LogP contribution is -2.33. The number of nitrogens with one attached hydrogen (secondary N) is 1. The molecule has 0 spiro atoms. The van der Waals surface area contributed by atoms with E-state index in [4.69, 9.17) is 11.6 Å². The third-order valence-corrected chi connectivity index (χ3v) is 3.13. The lowest BCUT2D eigenvalue weighted by Gasteiger charge is -2.21. The molecular formula is C11H15ClN2O. The van der Waals surface area contributed by atoms with E-state index in [0.717, 1.165) is 24.2 Å². The van der Waals surface area contributed by atoms with Gasteiger partial charge in [-0.25, -0.2) is 4.98 Å². The molecule has 0 bridgehead atoms. The summed E-state index contributed by atoms with van der Waals surface area (Å²) in [6.45, 7) is 3.41. The predicted octanol–water partition coefficient (Wildman–Crippen LogP) is 1.31. The summed E-state index contributed by atoms with van der Waals surface area (Å²) in [5.74, 6) is 0. The number of halogens is 1. The molecule has 3 nitrogen and oxygen atoms in total. The molecule has 1 saturated heterocycles. The van der Waals surface area contributed by atoms with Crippen LogP contribution in [0.25, 0.3) is 0 Å². The van der Waals surface area contributed by atoms with E-state index in [9.17, 15) is 5.11 Å². The molecule has 1 unspecified atom stereocenters. The summed E-state index contributed by atoms with van der Waals surface area (Å²) in [6, 6.07) is 3.87. The van der Waals surface area contributed by atoms with Crippen molar-refractivity contribution >= 4 is 11.6 Å². The molecule has 2 heterocycles. The monoisotopic (exact) mass is 226 g/mol. The number of β-amino-alcohol motifs (C(OH)–C–C–N with tert-alkyl or cyclic N) is 1. The maximum atomic E-state index is 10.2. The van der Waals surface area contributed by atoms with E-state index in [1.807, 2.05) is 19.1 Å². The maximum Gasteiger partial charge on any atom is 0.132 e. The van der Waals surface area contributed by atoms with Gasteiger partial charge >= 0.3 is 0 Å². The highest BCUT2D eigenvalue weighted by Gasteiger charge is 2.31. The number of hydrogen-bond acceptors (Lipinski definition) is 3. The van der Waals surface area contributed by atoms with E-state index in [2.05, 4.69) is 10.3 Å². The van der Waals surface area contributed by atoms with Gasteiger partial charge in [-0.05, 0) is 31.5 Å². The van der Waals surface area contributed by atoms with E-state index >= 15 is 0 Å². The molecule has 0 aromatic carbocycles. The van der Waals surface area contributed by atoms with Gasteiger partial charge < -0.3 is 10.4 Å². The van der Waals surface area contributed by atoms with Gasteiger partial charge in [-0.2, -0.15) is 0 Å². The normalized spacial score (nSPS) is 25.8. The van der Waals surface area contributed by atoms with Gasteiger partial charge in [0.15, 0.2) is 0 Å². The van der Waals surface area contributed by atoms with E-state index < -0.39 is 5.60 Å². The Balaban J connectivity index is 2.16. The first kappa shape index (κ1) is 10.9. The average Bonchev–Trinajstić information content (AvgIpc) is 2.58. The summed E-state index contributed by atoms with van der Waals surface area (Å²) in [4.78, 5) is 4.18. The van der Waals surface area contributed by atoms with Crippen LogP contribution in [-0.4, -0.2) is 28.8 Å². The first-order chi connectivity index (χ1) is 7.09. The fraction of sp³-hybridized carbons (Fsp3) is 0.545. The van der Waals surface area contributed by atoms with Crippen molar-refractivity contribution < 1.29 is 5.11 Å². The van der Waals surface area contributed by atoms with Crippen LogP contribution in [0.3, 0.4) is 0 Å². The van der Waals surface area contributed by atoms with Crippen LogP contribution in [0.2, 0.25) is 5.15 Å². The van der Waals surface area contributed by atoms with Gasteiger partial charge in [0.1, 0.15) is 5.15 Å². The molecule has 4 heteroatoms. The molecule has 0 saturated carbocycles. The Hall–Kier alpha value is -0.640. The van der Waals surface area contributed by atoms with Gasteiger partial charge in [0.25, 0.3) is 0 Å². The molecule has 1 aliphatic heterocycles. The van der Waals surface area contributed by atoms with Gasteiger partial charge in [-0.1, -0.05) is 17.7 Å². The van der Waals surface area contributed by atoms with Crippen LogP contribution in [0.1, 0.15) is 17.7 Å². The Bertz CT molecular complexity index is 362. The lowest BCUT2D eigenvalue weighted by molar-refractivity contribution is 0.0618. The van der Waals surface area contributed by atoms with E-state index in [1.54, 1.807) is 0 Å². The molecule has 1 atom stereocenters. The summed E-state index contributed by atoms with van der Waals surface area (Å²) in [7, 11) is 0. The van der Waals surface area contributed by atoms with Gasteiger partial charge in [-0.3, -0.25) is 0 Å². The van der Waals surface area contributed by atoms with Crippen LogP contribution in [0.4, 0.5) is 0 Å². The fourth-order valence-corrected chi connectivity index (χ4v) is 2.18. The molecule has 0 aliphatic carbocycles. The molecule has 2 rings (SSSR count). The molecule has 15 heavy (non-hydrogen) atoms. The predicted molar refractivity (Wildman–Crippen MR) is 60.1 cm³/mol. The van der Waals surface area contributed by atoms with Crippen molar-refractivity contribution in [3.05, 3.63) is 28.5 Å². The Morgan fingerprint density at radius 3 is 3.00 bits per heavy atom. The van der Waals surface area contributed by atoms with Crippen molar-refractivity contribution in [1.82, 2.24) is 10.3 Å². The number of aliphatic hydroxyl groups is 1. The highest BCUT2D eigenvalue weighted by atomic mass is 35.5. The zero-order chi connectivity index (χ0) is 10.9. The Morgan fingerprint density at radius 2 is 2.40 bits per heavy atom. The van der Waals surface area contributed by atoms with Crippen LogP contribution in [-0.2, 0) is 6.42 Å². The molecule has 1 aliphatic rings. The Labute approximate surface area is 94.5 Å². The van der Waals surface area contributed by atoms with E-state index in [-0.39, 0.29) is 0 Å². The topological polar surface area (TPSA) is 45.1 Å². The fourth-order valence-electron chi connectivity index (χ4n) is 1.92. The standard InChI is InChI=1S/C11H15ClN2O/c1-8-2-3-9(10(12)14-8)6-11(15)4-5-13-7-11/h2-3,13,15H,4-7H2,1H3. The third-order valence-electron chi connectivity index (χ3n) is 2.81. The van der Waals surface area contributed by atoms with E-state index in [1.165, 1.54) is 0 Å². The summed E-state index contributed by atoms with van der Waals surface area (Å²) in [5.41, 5.74) is 1.18. The molecule has 0 amide bonds. The second-order valence-corrected chi connectivity index (χ2v) is 4.59. The Kier molecular flexibility index (Phi) is 2.96. The largest absolute Gasteiger partial charge is 0.388 e. The highest BCUT2D eigenvalue weighted by Crippen LogP contribution is 2.24. The van der Waals surface area contributed by atoms with Crippen LogP contribution in [0, 0.1) is 6.92 Å². The van der Waals surface area contributed by atoms with Crippen molar-refractivity contribution in [3.63, 3.8) is 0 Å². The number of hydrogen-bond donors (Lipinski definition) is 2. The SMILES string of the molecule is Cc1ccc(CC2(O)CCNC2)c(Cl)n1. The van der Waals surface area contributed by atoms with Crippen LogP contribution >= 0.6 is 11.6 Å². The van der Waals surface area contributed by atoms with Crippen LogP contribution in [0.15, 0.2) is 12.1 Å². The maximum absolute atomic E-state index is 10.2. The highest BCUT2D eigenvalue weighted by molar-refractivity contribution is 6.30. The van der Waals surface area contributed by atoms with Crippen LogP contribution in [0.5, 0.6) is 0 Å². The summed E-state index contributed by atoms with van der Waals surface area (Å²) in [5, 5.41) is 13.8. The lowest BCUT2D eigenvalue weighted by atomic mass is 9.94. The zero-order valence-corrected chi connectivity index (χ0v) is 9.51. The number of pyridine rings is 1. The number of aromatic nitrogens is 1.